The molecule has 3 aromatic carbocycles. The summed E-state index contributed by atoms with van der Waals surface area (Å²) < 4.78 is 26.0. The summed E-state index contributed by atoms with van der Waals surface area (Å²) in [7, 11) is 0. The summed E-state index contributed by atoms with van der Waals surface area (Å²) >= 11 is 2.37. The molecule has 1 N–H and O–H groups in total. The zero-order chi connectivity index (χ0) is 29.2. The standard InChI is InChI=1S/C31H22FN3O5S2/c1-2-15-39-21-13-11-18(12-14-21)26-25(27(36)24-16-19-7-4-6-10-23(19)40-24)28(37)29(38)35(26)30-33-34-31(42-30)41-17-20-8-3-5-9-22(20)32/h2-14,16,26,37H,1,15,17H2/t26-/m0/s1. The number of carbonyl (C=O) groups excluding carboxylic acids is 2. The number of hydrogen-bond acceptors (Lipinski definition) is 9. The van der Waals surface area contributed by atoms with E-state index < -0.39 is 23.5 Å². The Labute approximate surface area is 247 Å². The zero-order valence-electron chi connectivity index (χ0n) is 21.9. The van der Waals surface area contributed by atoms with Crippen molar-refractivity contribution in [3.8, 4) is 5.75 Å². The van der Waals surface area contributed by atoms with Gasteiger partial charge in [-0.25, -0.2) is 4.39 Å². The second-order valence-corrected chi connectivity index (χ2v) is 11.4. The third kappa shape index (κ3) is 5.19. The van der Waals surface area contributed by atoms with Crippen molar-refractivity contribution in [1.29, 1.82) is 0 Å². The van der Waals surface area contributed by atoms with Crippen LogP contribution in [0.3, 0.4) is 0 Å². The lowest BCUT2D eigenvalue weighted by molar-refractivity contribution is -0.117. The first-order chi connectivity index (χ1) is 20.4. The Morgan fingerprint density at radius 2 is 1.88 bits per heavy atom. The van der Waals surface area contributed by atoms with Crippen LogP contribution in [0.2, 0.25) is 0 Å². The molecule has 5 aromatic rings. The summed E-state index contributed by atoms with van der Waals surface area (Å²) in [5.41, 5.74) is 1.40. The number of rotatable bonds is 10. The highest BCUT2D eigenvalue weighted by atomic mass is 32.2. The van der Waals surface area contributed by atoms with E-state index in [0.717, 1.165) is 11.3 Å². The SMILES string of the molecule is C=CCOc1ccc([C@H]2C(C(=O)c3cc4ccccc4o3)=C(O)C(=O)N2c2nnc(SCc3ccccc3F)s2)cc1. The molecule has 2 aromatic heterocycles. The molecule has 8 nitrogen and oxygen atoms in total. The number of furan rings is 1. The van der Waals surface area contributed by atoms with Crippen LogP contribution in [0.1, 0.15) is 27.7 Å². The van der Waals surface area contributed by atoms with Crippen molar-refractivity contribution in [3.05, 3.63) is 126 Å². The molecule has 11 heteroatoms. The van der Waals surface area contributed by atoms with E-state index in [1.165, 1.54) is 22.7 Å². The number of para-hydroxylation sites is 1. The van der Waals surface area contributed by atoms with Crippen LogP contribution in [0.4, 0.5) is 9.52 Å². The number of carbonyl (C=O) groups is 2. The van der Waals surface area contributed by atoms with E-state index in [2.05, 4.69) is 16.8 Å². The van der Waals surface area contributed by atoms with Crippen LogP contribution < -0.4 is 9.64 Å². The molecule has 0 spiro atoms. The van der Waals surface area contributed by atoms with Gasteiger partial charge >= 0.3 is 0 Å². The van der Waals surface area contributed by atoms with Gasteiger partial charge in [-0.3, -0.25) is 14.5 Å². The normalized spacial score (nSPS) is 15.0. The summed E-state index contributed by atoms with van der Waals surface area (Å²) in [5, 5.41) is 20.4. The molecular formula is C31H22FN3O5S2. The molecule has 0 fully saturated rings. The Kier molecular flexibility index (Phi) is 7.60. The van der Waals surface area contributed by atoms with Gasteiger partial charge in [-0.05, 0) is 41.5 Å². The van der Waals surface area contributed by atoms with E-state index in [-0.39, 0.29) is 22.3 Å². The third-order valence-corrected chi connectivity index (χ3v) is 8.68. The quantitative estimate of drug-likeness (QED) is 0.0787. The molecule has 1 aliphatic heterocycles. The molecule has 1 atom stereocenters. The van der Waals surface area contributed by atoms with Crippen molar-refractivity contribution in [2.75, 3.05) is 11.5 Å². The predicted molar refractivity (Wildman–Crippen MR) is 158 cm³/mol. The molecule has 0 saturated heterocycles. The summed E-state index contributed by atoms with van der Waals surface area (Å²) in [4.78, 5) is 28.6. The number of halogens is 1. The van der Waals surface area contributed by atoms with Gasteiger partial charge in [0.25, 0.3) is 5.91 Å². The summed E-state index contributed by atoms with van der Waals surface area (Å²) in [6, 6.07) is 21.0. The van der Waals surface area contributed by atoms with E-state index in [9.17, 15) is 19.1 Å². The number of amides is 1. The van der Waals surface area contributed by atoms with Gasteiger partial charge in [-0.2, -0.15) is 0 Å². The number of aromatic nitrogens is 2. The van der Waals surface area contributed by atoms with Crippen molar-refractivity contribution in [1.82, 2.24) is 10.2 Å². The maximum Gasteiger partial charge on any atom is 0.296 e. The molecule has 0 unspecified atom stereocenters. The van der Waals surface area contributed by atoms with Gasteiger partial charge in [-0.1, -0.05) is 84.3 Å². The number of ketones is 1. The fourth-order valence-electron chi connectivity index (χ4n) is 4.59. The van der Waals surface area contributed by atoms with Gasteiger partial charge < -0.3 is 14.3 Å². The summed E-state index contributed by atoms with van der Waals surface area (Å²) in [6.07, 6.45) is 1.62. The van der Waals surface area contributed by atoms with Crippen LogP contribution in [0.5, 0.6) is 5.75 Å². The number of benzene rings is 3. The van der Waals surface area contributed by atoms with E-state index >= 15 is 0 Å². The molecule has 0 bridgehead atoms. The number of hydrogen-bond donors (Lipinski definition) is 1. The lowest BCUT2D eigenvalue weighted by Gasteiger charge is -2.24. The van der Waals surface area contributed by atoms with Gasteiger partial charge in [0.2, 0.25) is 10.9 Å². The molecule has 0 radical (unpaired) electrons. The molecule has 1 amide bonds. The summed E-state index contributed by atoms with van der Waals surface area (Å²) in [5.74, 6) is -1.59. The third-order valence-electron chi connectivity index (χ3n) is 6.58. The Morgan fingerprint density at radius 1 is 1.12 bits per heavy atom. The van der Waals surface area contributed by atoms with Gasteiger partial charge in [0.1, 0.15) is 23.8 Å². The lowest BCUT2D eigenvalue weighted by Crippen LogP contribution is -2.31. The Hall–Kier alpha value is -4.74. The van der Waals surface area contributed by atoms with Crippen LogP contribution >= 0.6 is 23.1 Å². The van der Waals surface area contributed by atoms with Crippen LogP contribution in [-0.4, -0.2) is 33.6 Å². The minimum atomic E-state index is -1.02. The van der Waals surface area contributed by atoms with Gasteiger partial charge in [0.05, 0.1) is 11.6 Å². The molecule has 210 valence electrons. The largest absolute Gasteiger partial charge is 0.503 e. The molecule has 6 rings (SSSR count). The number of anilines is 1. The first-order valence-corrected chi connectivity index (χ1v) is 14.6. The van der Waals surface area contributed by atoms with Gasteiger partial charge in [0.15, 0.2) is 15.9 Å². The molecule has 1 aliphatic rings. The van der Waals surface area contributed by atoms with Crippen molar-refractivity contribution in [3.63, 3.8) is 0 Å². The second kappa shape index (κ2) is 11.6. The number of Topliss-reactive ketones (excluding diaryl/α,β-unsaturated/α-hetero) is 1. The van der Waals surface area contributed by atoms with Crippen LogP contribution in [-0.2, 0) is 10.5 Å². The van der Waals surface area contributed by atoms with Crippen LogP contribution in [0.15, 0.2) is 112 Å². The minimum absolute atomic E-state index is 0.0123. The molecule has 0 aliphatic carbocycles. The molecule has 3 heterocycles. The minimum Gasteiger partial charge on any atom is -0.503 e. The first-order valence-electron chi connectivity index (χ1n) is 12.8. The second-order valence-electron chi connectivity index (χ2n) is 9.22. The smallest absolute Gasteiger partial charge is 0.296 e. The van der Waals surface area contributed by atoms with Crippen molar-refractivity contribution in [2.45, 2.75) is 16.1 Å². The van der Waals surface area contributed by atoms with Crippen LogP contribution in [0.25, 0.3) is 11.0 Å². The number of ether oxygens (including phenoxy) is 1. The van der Waals surface area contributed by atoms with E-state index in [1.54, 1.807) is 72.8 Å². The molecular weight excluding hydrogens is 577 g/mol. The predicted octanol–water partition coefficient (Wildman–Crippen LogP) is 7.06. The number of nitrogens with zero attached hydrogens (tertiary/aromatic N) is 3. The van der Waals surface area contributed by atoms with Gasteiger partial charge in [0, 0.05) is 11.1 Å². The molecule has 42 heavy (non-hydrogen) atoms. The number of fused-ring (bicyclic) bond motifs is 1. The Balaban J connectivity index is 1.36. The average molecular weight is 600 g/mol. The zero-order valence-corrected chi connectivity index (χ0v) is 23.5. The van der Waals surface area contributed by atoms with Crippen molar-refractivity contribution < 1.29 is 28.2 Å². The highest BCUT2D eigenvalue weighted by Gasteiger charge is 2.46. The lowest BCUT2D eigenvalue weighted by atomic mass is 9.95. The number of aliphatic hydroxyl groups excluding tert-OH is 1. The maximum atomic E-state index is 14.1. The number of thioether (sulfide) groups is 1. The van der Waals surface area contributed by atoms with E-state index in [0.29, 0.717) is 44.5 Å². The fourth-order valence-corrected chi connectivity index (χ4v) is 6.44. The van der Waals surface area contributed by atoms with E-state index in [4.69, 9.17) is 9.15 Å². The maximum absolute atomic E-state index is 14.1. The van der Waals surface area contributed by atoms with Gasteiger partial charge in [-0.15, -0.1) is 10.2 Å². The van der Waals surface area contributed by atoms with Crippen molar-refractivity contribution in [2.24, 2.45) is 0 Å². The monoisotopic (exact) mass is 599 g/mol. The summed E-state index contributed by atoms with van der Waals surface area (Å²) in [6.45, 7) is 3.95. The fraction of sp³-hybridized carbons (Fsp3) is 0.0968. The van der Waals surface area contributed by atoms with Crippen LogP contribution in [0, 0.1) is 5.82 Å². The molecule has 0 saturated carbocycles. The first kappa shape index (κ1) is 27.4. The Bertz CT molecular complexity index is 1810. The average Bonchev–Trinajstić information content (AvgIpc) is 3.72. The van der Waals surface area contributed by atoms with E-state index in [1.807, 2.05) is 6.07 Å². The Morgan fingerprint density at radius 3 is 2.64 bits per heavy atom. The number of aliphatic hydroxyl groups is 1. The topological polar surface area (TPSA) is 106 Å². The highest BCUT2D eigenvalue weighted by Crippen LogP contribution is 2.44. The van der Waals surface area contributed by atoms with Crippen molar-refractivity contribution >= 4 is 50.9 Å². The highest BCUT2D eigenvalue weighted by molar-refractivity contribution is 8.00.